The zero-order valence-electron chi connectivity index (χ0n) is 17.2. The van der Waals surface area contributed by atoms with Crippen LogP contribution in [0.3, 0.4) is 0 Å². The van der Waals surface area contributed by atoms with Crippen molar-refractivity contribution in [2.45, 2.75) is 77.3 Å². The first-order chi connectivity index (χ1) is 14.2. The van der Waals surface area contributed by atoms with Gasteiger partial charge in [-0.15, -0.1) is 0 Å². The number of amides is 2. The number of nitrogens with one attached hydrogen (secondary N) is 2. The minimum absolute atomic E-state index is 0.145. The Kier molecular flexibility index (Phi) is 5.97. The molecule has 0 atom stereocenters. The predicted octanol–water partition coefficient (Wildman–Crippen LogP) is 4.10. The van der Waals surface area contributed by atoms with Crippen molar-refractivity contribution >= 4 is 17.5 Å². The number of carbonyl (C=O) groups is 2. The first kappa shape index (κ1) is 19.7. The highest BCUT2D eigenvalue weighted by Gasteiger charge is 2.29. The second kappa shape index (κ2) is 8.80. The van der Waals surface area contributed by atoms with Crippen molar-refractivity contribution in [1.29, 1.82) is 0 Å². The van der Waals surface area contributed by atoms with Crippen LogP contribution < -0.4 is 10.6 Å². The molecule has 154 valence electrons. The SMILES string of the molecule is CCc1ccccc1NC(=O)c1nc(C(=O)NC2CCCCC2)n2c1CCCC2. The Balaban J connectivity index is 1.58. The third-order valence-corrected chi connectivity index (χ3v) is 6.12. The van der Waals surface area contributed by atoms with Crippen molar-refractivity contribution in [3.05, 3.63) is 47.0 Å². The lowest BCUT2D eigenvalue weighted by atomic mass is 9.95. The van der Waals surface area contributed by atoms with E-state index in [0.29, 0.717) is 11.5 Å². The zero-order chi connectivity index (χ0) is 20.2. The molecule has 1 aromatic heterocycles. The van der Waals surface area contributed by atoms with Crippen LogP contribution in [-0.4, -0.2) is 27.4 Å². The molecule has 6 nitrogen and oxygen atoms in total. The molecular formula is C23H30N4O2. The van der Waals surface area contributed by atoms with Crippen molar-refractivity contribution in [3.63, 3.8) is 0 Å². The van der Waals surface area contributed by atoms with E-state index < -0.39 is 0 Å². The summed E-state index contributed by atoms with van der Waals surface area (Å²) in [6, 6.07) is 8.04. The lowest BCUT2D eigenvalue weighted by molar-refractivity contribution is 0.0911. The second-order valence-corrected chi connectivity index (χ2v) is 8.11. The smallest absolute Gasteiger partial charge is 0.287 e. The molecule has 2 aliphatic rings. The molecule has 2 aromatic rings. The van der Waals surface area contributed by atoms with Gasteiger partial charge in [-0.05, 0) is 50.2 Å². The third kappa shape index (κ3) is 4.21. The third-order valence-electron chi connectivity index (χ3n) is 6.12. The molecule has 0 radical (unpaired) electrons. The summed E-state index contributed by atoms with van der Waals surface area (Å²) in [4.78, 5) is 30.6. The lowest BCUT2D eigenvalue weighted by Gasteiger charge is -2.23. The maximum absolute atomic E-state index is 13.1. The van der Waals surface area contributed by atoms with Gasteiger partial charge in [0.25, 0.3) is 11.8 Å². The van der Waals surface area contributed by atoms with E-state index in [1.807, 2.05) is 28.8 Å². The average Bonchev–Trinajstić information content (AvgIpc) is 3.15. The molecule has 2 amide bonds. The van der Waals surface area contributed by atoms with E-state index in [9.17, 15) is 9.59 Å². The van der Waals surface area contributed by atoms with Gasteiger partial charge in [-0.3, -0.25) is 9.59 Å². The molecule has 1 saturated carbocycles. The molecule has 0 spiro atoms. The summed E-state index contributed by atoms with van der Waals surface area (Å²) in [5.74, 6) is 0.0144. The summed E-state index contributed by atoms with van der Waals surface area (Å²) in [6.07, 6.45) is 9.27. The maximum atomic E-state index is 13.1. The van der Waals surface area contributed by atoms with Gasteiger partial charge >= 0.3 is 0 Å². The van der Waals surface area contributed by atoms with Crippen LogP contribution in [-0.2, 0) is 19.4 Å². The van der Waals surface area contributed by atoms with Gasteiger partial charge < -0.3 is 15.2 Å². The number of para-hydroxylation sites is 1. The number of imidazole rings is 1. The molecule has 6 heteroatoms. The van der Waals surface area contributed by atoms with Crippen molar-refractivity contribution < 1.29 is 9.59 Å². The molecule has 1 fully saturated rings. The monoisotopic (exact) mass is 394 g/mol. The number of aryl methyl sites for hydroxylation is 1. The zero-order valence-corrected chi connectivity index (χ0v) is 17.2. The van der Waals surface area contributed by atoms with Gasteiger partial charge in [-0.2, -0.15) is 0 Å². The van der Waals surface area contributed by atoms with E-state index in [1.54, 1.807) is 0 Å². The first-order valence-corrected chi connectivity index (χ1v) is 11.0. The highest BCUT2D eigenvalue weighted by atomic mass is 16.2. The molecule has 1 aromatic carbocycles. The van der Waals surface area contributed by atoms with E-state index >= 15 is 0 Å². The Bertz CT molecular complexity index is 896. The Labute approximate surface area is 172 Å². The Morgan fingerprint density at radius 3 is 2.66 bits per heavy atom. The number of fused-ring (bicyclic) bond motifs is 1. The van der Waals surface area contributed by atoms with Gasteiger partial charge in [0.1, 0.15) is 0 Å². The van der Waals surface area contributed by atoms with Crippen molar-refractivity contribution in [2.75, 3.05) is 5.32 Å². The Morgan fingerprint density at radius 2 is 1.86 bits per heavy atom. The number of carbonyl (C=O) groups excluding carboxylic acids is 2. The summed E-state index contributed by atoms with van der Waals surface area (Å²) < 4.78 is 1.96. The first-order valence-electron chi connectivity index (χ1n) is 11.0. The maximum Gasteiger partial charge on any atom is 0.287 e. The second-order valence-electron chi connectivity index (χ2n) is 8.11. The van der Waals surface area contributed by atoms with E-state index in [1.165, 1.54) is 6.42 Å². The van der Waals surface area contributed by atoms with Crippen LogP contribution in [0.4, 0.5) is 5.69 Å². The Hall–Kier alpha value is -2.63. The minimum atomic E-state index is -0.228. The van der Waals surface area contributed by atoms with Crippen LogP contribution in [0.25, 0.3) is 0 Å². The quantitative estimate of drug-likeness (QED) is 0.802. The molecular weight excluding hydrogens is 364 g/mol. The van der Waals surface area contributed by atoms with Crippen LogP contribution in [0.2, 0.25) is 0 Å². The average molecular weight is 395 g/mol. The molecule has 0 bridgehead atoms. The molecule has 2 N–H and O–H groups in total. The topological polar surface area (TPSA) is 76.0 Å². The fourth-order valence-electron chi connectivity index (χ4n) is 4.53. The largest absolute Gasteiger partial charge is 0.347 e. The number of nitrogens with zero attached hydrogens (tertiary/aromatic N) is 2. The standard InChI is InChI=1S/C23H30N4O2/c1-2-16-10-6-7-13-18(16)25-22(28)20-19-14-8-9-15-27(19)21(26-20)23(29)24-17-11-4-3-5-12-17/h6-7,10,13,17H,2-5,8-9,11-12,14-15H2,1H3,(H,24,29)(H,25,28). The van der Waals surface area contributed by atoms with Gasteiger partial charge in [0, 0.05) is 18.3 Å². The van der Waals surface area contributed by atoms with Gasteiger partial charge in [-0.25, -0.2) is 4.98 Å². The highest BCUT2D eigenvalue weighted by molar-refractivity contribution is 6.05. The van der Waals surface area contributed by atoms with E-state index in [0.717, 1.165) is 74.9 Å². The summed E-state index contributed by atoms with van der Waals surface area (Å²) in [5.41, 5.74) is 3.18. The van der Waals surface area contributed by atoms with E-state index in [4.69, 9.17) is 0 Å². The van der Waals surface area contributed by atoms with Crippen molar-refractivity contribution in [2.24, 2.45) is 0 Å². The Morgan fingerprint density at radius 1 is 1.07 bits per heavy atom. The summed E-state index contributed by atoms with van der Waals surface area (Å²) in [5, 5.41) is 6.17. The number of hydrogen-bond acceptors (Lipinski definition) is 3. The van der Waals surface area contributed by atoms with Gasteiger partial charge in [-0.1, -0.05) is 44.4 Å². The van der Waals surface area contributed by atoms with Crippen LogP contribution in [0, 0.1) is 0 Å². The fourth-order valence-corrected chi connectivity index (χ4v) is 4.53. The number of aromatic nitrogens is 2. The molecule has 1 aliphatic heterocycles. The molecule has 2 heterocycles. The number of hydrogen-bond donors (Lipinski definition) is 2. The van der Waals surface area contributed by atoms with Crippen molar-refractivity contribution in [3.8, 4) is 0 Å². The molecule has 29 heavy (non-hydrogen) atoms. The number of anilines is 1. The van der Waals surface area contributed by atoms with Crippen LogP contribution >= 0.6 is 0 Å². The minimum Gasteiger partial charge on any atom is -0.347 e. The molecule has 4 rings (SSSR count). The van der Waals surface area contributed by atoms with Crippen LogP contribution in [0.1, 0.15) is 84.2 Å². The molecule has 0 saturated heterocycles. The predicted molar refractivity (Wildman–Crippen MR) is 113 cm³/mol. The van der Waals surface area contributed by atoms with Gasteiger partial charge in [0.05, 0.1) is 5.69 Å². The summed E-state index contributed by atoms with van der Waals surface area (Å²) in [7, 11) is 0. The van der Waals surface area contributed by atoms with Gasteiger partial charge in [0.2, 0.25) is 0 Å². The molecule has 1 aliphatic carbocycles. The van der Waals surface area contributed by atoms with E-state index in [2.05, 4.69) is 22.5 Å². The van der Waals surface area contributed by atoms with Gasteiger partial charge in [0.15, 0.2) is 11.5 Å². The number of benzene rings is 1. The summed E-state index contributed by atoms with van der Waals surface area (Å²) >= 11 is 0. The highest BCUT2D eigenvalue weighted by Crippen LogP contribution is 2.24. The lowest BCUT2D eigenvalue weighted by Crippen LogP contribution is -2.37. The fraction of sp³-hybridized carbons (Fsp3) is 0.522. The molecule has 0 unspecified atom stereocenters. The number of rotatable bonds is 5. The van der Waals surface area contributed by atoms with Crippen LogP contribution in [0.5, 0.6) is 0 Å². The van der Waals surface area contributed by atoms with E-state index in [-0.39, 0.29) is 17.9 Å². The van der Waals surface area contributed by atoms with Crippen molar-refractivity contribution in [1.82, 2.24) is 14.9 Å². The normalized spacial score (nSPS) is 16.9. The van der Waals surface area contributed by atoms with Crippen LogP contribution in [0.15, 0.2) is 24.3 Å². The summed E-state index contributed by atoms with van der Waals surface area (Å²) in [6.45, 7) is 2.81.